The lowest BCUT2D eigenvalue weighted by atomic mass is 10.4. The van der Waals surface area contributed by atoms with Crippen LogP contribution in [0.2, 0.25) is 0 Å². The maximum Gasteiger partial charge on any atom is 0.185 e. The SMILES string of the molecule is CN1CCCN(c2ncc(CO)s2)CC1. The van der Waals surface area contributed by atoms with Gasteiger partial charge in [-0.2, -0.15) is 0 Å². The predicted octanol–water partition coefficient (Wildman–Crippen LogP) is 0.777. The van der Waals surface area contributed by atoms with Crippen molar-refractivity contribution in [2.45, 2.75) is 13.0 Å². The fourth-order valence-corrected chi connectivity index (χ4v) is 2.58. The van der Waals surface area contributed by atoms with Crippen LogP contribution in [0.15, 0.2) is 6.20 Å². The van der Waals surface area contributed by atoms with Crippen molar-refractivity contribution in [3.05, 3.63) is 11.1 Å². The molecule has 1 saturated heterocycles. The van der Waals surface area contributed by atoms with E-state index in [1.807, 2.05) is 0 Å². The Morgan fingerprint density at radius 3 is 3.00 bits per heavy atom. The van der Waals surface area contributed by atoms with Crippen LogP contribution in [-0.4, -0.2) is 48.2 Å². The van der Waals surface area contributed by atoms with Gasteiger partial charge in [0.15, 0.2) is 5.13 Å². The highest BCUT2D eigenvalue weighted by molar-refractivity contribution is 7.15. The van der Waals surface area contributed by atoms with E-state index in [2.05, 4.69) is 21.8 Å². The van der Waals surface area contributed by atoms with Gasteiger partial charge in [0.25, 0.3) is 0 Å². The molecule has 0 spiro atoms. The highest BCUT2D eigenvalue weighted by atomic mass is 32.1. The molecule has 0 radical (unpaired) electrons. The van der Waals surface area contributed by atoms with E-state index in [0.717, 1.165) is 36.2 Å². The van der Waals surface area contributed by atoms with Crippen LogP contribution in [0.5, 0.6) is 0 Å². The van der Waals surface area contributed by atoms with Gasteiger partial charge in [-0.15, -0.1) is 0 Å². The zero-order valence-electron chi connectivity index (χ0n) is 9.02. The maximum absolute atomic E-state index is 8.99. The van der Waals surface area contributed by atoms with Gasteiger partial charge >= 0.3 is 0 Å². The fourth-order valence-electron chi connectivity index (χ4n) is 1.75. The summed E-state index contributed by atoms with van der Waals surface area (Å²) in [6, 6.07) is 0. The number of nitrogens with zero attached hydrogens (tertiary/aromatic N) is 3. The molecule has 1 aromatic heterocycles. The van der Waals surface area contributed by atoms with Gasteiger partial charge in [0, 0.05) is 25.8 Å². The van der Waals surface area contributed by atoms with Crippen molar-refractivity contribution in [1.29, 1.82) is 0 Å². The molecule has 5 heteroatoms. The lowest BCUT2D eigenvalue weighted by Gasteiger charge is -2.18. The molecule has 1 aliphatic rings. The van der Waals surface area contributed by atoms with E-state index in [9.17, 15) is 0 Å². The fraction of sp³-hybridized carbons (Fsp3) is 0.700. The molecule has 0 saturated carbocycles. The molecule has 1 N–H and O–H groups in total. The minimum Gasteiger partial charge on any atom is -0.391 e. The standard InChI is InChI=1S/C10H17N3OS/c1-12-3-2-4-13(6-5-12)10-11-7-9(8-14)15-10/h7,14H,2-6,8H2,1H3. The van der Waals surface area contributed by atoms with Crippen molar-refractivity contribution in [3.63, 3.8) is 0 Å². The smallest absolute Gasteiger partial charge is 0.185 e. The topological polar surface area (TPSA) is 39.6 Å². The van der Waals surface area contributed by atoms with E-state index in [1.54, 1.807) is 17.5 Å². The Morgan fingerprint density at radius 2 is 2.27 bits per heavy atom. The second-order valence-electron chi connectivity index (χ2n) is 3.91. The van der Waals surface area contributed by atoms with Crippen LogP contribution < -0.4 is 4.90 Å². The highest BCUT2D eigenvalue weighted by Crippen LogP contribution is 2.23. The number of rotatable bonds is 2. The van der Waals surface area contributed by atoms with Crippen LogP contribution in [0.4, 0.5) is 5.13 Å². The van der Waals surface area contributed by atoms with E-state index in [1.165, 1.54) is 6.42 Å². The number of aliphatic hydroxyl groups is 1. The molecule has 1 fully saturated rings. The zero-order chi connectivity index (χ0) is 10.7. The number of aliphatic hydroxyl groups excluding tert-OH is 1. The second-order valence-corrected chi connectivity index (χ2v) is 5.00. The van der Waals surface area contributed by atoms with Gasteiger partial charge in [-0.25, -0.2) is 4.98 Å². The average Bonchev–Trinajstić information content (AvgIpc) is 2.62. The molecular weight excluding hydrogens is 210 g/mol. The summed E-state index contributed by atoms with van der Waals surface area (Å²) in [5.41, 5.74) is 0. The monoisotopic (exact) mass is 227 g/mol. The summed E-state index contributed by atoms with van der Waals surface area (Å²) in [6.07, 6.45) is 2.96. The molecule has 0 aliphatic carbocycles. The minimum absolute atomic E-state index is 0.103. The van der Waals surface area contributed by atoms with Crippen LogP contribution in [-0.2, 0) is 6.61 Å². The van der Waals surface area contributed by atoms with Crippen molar-refractivity contribution < 1.29 is 5.11 Å². The van der Waals surface area contributed by atoms with E-state index < -0.39 is 0 Å². The molecule has 0 atom stereocenters. The molecule has 0 bridgehead atoms. The van der Waals surface area contributed by atoms with Gasteiger partial charge in [0.1, 0.15) is 0 Å². The van der Waals surface area contributed by atoms with Crippen molar-refractivity contribution in [2.75, 3.05) is 38.1 Å². The summed E-state index contributed by atoms with van der Waals surface area (Å²) in [4.78, 5) is 9.95. The third kappa shape index (κ3) is 2.68. The molecule has 0 unspecified atom stereocenters. The molecule has 2 rings (SSSR count). The minimum atomic E-state index is 0.103. The van der Waals surface area contributed by atoms with Gasteiger partial charge < -0.3 is 14.9 Å². The Kier molecular flexibility index (Phi) is 3.56. The summed E-state index contributed by atoms with van der Waals surface area (Å²) in [5.74, 6) is 0. The van der Waals surface area contributed by atoms with Gasteiger partial charge in [-0.3, -0.25) is 0 Å². The molecule has 15 heavy (non-hydrogen) atoms. The second kappa shape index (κ2) is 4.92. The molecule has 4 nitrogen and oxygen atoms in total. The number of thiazole rings is 1. The third-order valence-electron chi connectivity index (χ3n) is 2.69. The first kappa shape index (κ1) is 10.9. The molecular formula is C10H17N3OS. The molecule has 1 aromatic rings. The number of anilines is 1. The summed E-state index contributed by atoms with van der Waals surface area (Å²) >= 11 is 1.60. The average molecular weight is 227 g/mol. The Balaban J connectivity index is 2.03. The van der Waals surface area contributed by atoms with Crippen LogP contribution in [0.1, 0.15) is 11.3 Å². The first-order valence-electron chi connectivity index (χ1n) is 5.28. The lowest BCUT2D eigenvalue weighted by molar-refractivity contribution is 0.285. The van der Waals surface area contributed by atoms with Gasteiger partial charge in [-0.05, 0) is 20.0 Å². The van der Waals surface area contributed by atoms with Gasteiger partial charge in [-0.1, -0.05) is 11.3 Å². The number of aromatic nitrogens is 1. The molecule has 2 heterocycles. The lowest BCUT2D eigenvalue weighted by Crippen LogP contribution is -2.28. The van der Waals surface area contributed by atoms with Gasteiger partial charge in [0.05, 0.1) is 11.5 Å². The summed E-state index contributed by atoms with van der Waals surface area (Å²) in [5, 5.41) is 10.0. The van der Waals surface area contributed by atoms with Crippen LogP contribution in [0.25, 0.3) is 0 Å². The Labute approximate surface area is 94.2 Å². The summed E-state index contributed by atoms with van der Waals surface area (Å²) in [7, 11) is 2.16. The van der Waals surface area contributed by atoms with Crippen LogP contribution in [0, 0.1) is 0 Å². The maximum atomic E-state index is 8.99. The van der Waals surface area contributed by atoms with Gasteiger partial charge in [0.2, 0.25) is 0 Å². The first-order valence-corrected chi connectivity index (χ1v) is 6.10. The van der Waals surface area contributed by atoms with Crippen molar-refractivity contribution >= 4 is 16.5 Å². The Hall–Kier alpha value is -0.650. The number of likely N-dealkylation sites (N-methyl/N-ethyl adjacent to an activating group) is 1. The normalized spacial score (nSPS) is 19.2. The summed E-state index contributed by atoms with van der Waals surface area (Å²) in [6.45, 7) is 4.46. The predicted molar refractivity (Wildman–Crippen MR) is 62.4 cm³/mol. The van der Waals surface area contributed by atoms with Crippen molar-refractivity contribution in [1.82, 2.24) is 9.88 Å². The van der Waals surface area contributed by atoms with Crippen molar-refractivity contribution in [2.24, 2.45) is 0 Å². The highest BCUT2D eigenvalue weighted by Gasteiger charge is 2.15. The Bertz CT molecular complexity index is 315. The van der Waals surface area contributed by atoms with E-state index in [0.29, 0.717) is 0 Å². The third-order valence-corrected chi connectivity index (χ3v) is 3.73. The Morgan fingerprint density at radius 1 is 1.40 bits per heavy atom. The molecule has 1 aliphatic heterocycles. The molecule has 0 amide bonds. The summed E-state index contributed by atoms with van der Waals surface area (Å²) < 4.78 is 0. The van der Waals surface area contributed by atoms with E-state index in [4.69, 9.17) is 5.11 Å². The molecule has 0 aromatic carbocycles. The number of hydrogen-bond acceptors (Lipinski definition) is 5. The largest absolute Gasteiger partial charge is 0.391 e. The molecule has 84 valence electrons. The first-order chi connectivity index (χ1) is 7.29. The van der Waals surface area contributed by atoms with E-state index in [-0.39, 0.29) is 6.61 Å². The quantitative estimate of drug-likeness (QED) is 0.810. The van der Waals surface area contributed by atoms with Crippen LogP contribution in [0.3, 0.4) is 0 Å². The van der Waals surface area contributed by atoms with E-state index >= 15 is 0 Å². The van der Waals surface area contributed by atoms with Crippen molar-refractivity contribution in [3.8, 4) is 0 Å². The van der Waals surface area contributed by atoms with Crippen LogP contribution >= 0.6 is 11.3 Å². The number of hydrogen-bond donors (Lipinski definition) is 1. The zero-order valence-corrected chi connectivity index (χ0v) is 9.83.